The van der Waals surface area contributed by atoms with Crippen LogP contribution in [0.4, 0.5) is 0 Å². The lowest BCUT2D eigenvalue weighted by molar-refractivity contribution is -0.146. The van der Waals surface area contributed by atoms with Crippen LogP contribution in [0.2, 0.25) is 0 Å². The van der Waals surface area contributed by atoms with Crippen molar-refractivity contribution < 1.29 is 58.8 Å². The first-order valence-corrected chi connectivity index (χ1v) is 15.8. The first-order chi connectivity index (χ1) is 23.4. The Kier molecular flexibility index (Phi) is 15.7. The molecule has 0 radical (unpaired) electrons. The molecule has 1 fully saturated rings. The number of benzene rings is 1. The van der Waals surface area contributed by atoms with Crippen molar-refractivity contribution in [2.24, 2.45) is 5.73 Å². The first-order valence-electron chi connectivity index (χ1n) is 15.8. The van der Waals surface area contributed by atoms with Gasteiger partial charge in [-0.1, -0.05) is 30.3 Å². The Morgan fingerprint density at radius 3 is 1.96 bits per heavy atom. The van der Waals surface area contributed by atoms with Crippen LogP contribution >= 0.6 is 0 Å². The number of rotatable bonds is 18. The zero-order valence-corrected chi connectivity index (χ0v) is 27.8. The molecule has 276 valence electrons. The van der Waals surface area contributed by atoms with Crippen molar-refractivity contribution in [1.82, 2.24) is 31.5 Å². The van der Waals surface area contributed by atoms with Gasteiger partial charge in [-0.25, -0.2) is 0 Å². The van der Waals surface area contributed by atoms with Gasteiger partial charge in [-0.05, 0) is 45.6 Å². The molecule has 0 spiro atoms. The van der Waals surface area contributed by atoms with Crippen molar-refractivity contribution in [2.75, 3.05) is 13.1 Å². The second kappa shape index (κ2) is 19.2. The molecule has 8 atom stereocenters. The van der Waals surface area contributed by atoms with Gasteiger partial charge in [-0.2, -0.15) is 0 Å². The van der Waals surface area contributed by atoms with Gasteiger partial charge >= 0.3 is 11.9 Å². The number of hydrogen-bond acceptors (Lipinski definition) is 11. The average Bonchev–Trinajstić information content (AvgIpc) is 3.54. The van der Waals surface area contributed by atoms with Crippen LogP contribution in [0.1, 0.15) is 45.6 Å². The minimum absolute atomic E-state index is 0.0228. The molecular formula is C31H45N7O12. The maximum atomic E-state index is 13.6. The topological polar surface area (TPSA) is 307 Å². The predicted octanol–water partition coefficient (Wildman–Crippen LogP) is -4.06. The monoisotopic (exact) mass is 707 g/mol. The summed E-state index contributed by atoms with van der Waals surface area (Å²) >= 11 is 0. The number of carboxylic acids is 2. The van der Waals surface area contributed by atoms with Gasteiger partial charge in [0, 0.05) is 6.54 Å². The van der Waals surface area contributed by atoms with E-state index in [1.807, 2.05) is 5.32 Å². The van der Waals surface area contributed by atoms with Crippen LogP contribution in [-0.2, 0) is 44.8 Å². The summed E-state index contributed by atoms with van der Waals surface area (Å²) < 4.78 is 0. The Morgan fingerprint density at radius 2 is 1.40 bits per heavy atom. The highest BCUT2D eigenvalue weighted by Crippen LogP contribution is 2.20. The van der Waals surface area contributed by atoms with Gasteiger partial charge in [0.15, 0.2) is 0 Å². The molecule has 1 aromatic carbocycles. The minimum atomic E-state index is -1.68. The number of carbonyl (C=O) groups is 8. The molecule has 19 heteroatoms. The molecule has 0 saturated carbocycles. The van der Waals surface area contributed by atoms with E-state index in [1.54, 1.807) is 30.3 Å². The highest BCUT2D eigenvalue weighted by Gasteiger charge is 2.41. The van der Waals surface area contributed by atoms with Crippen molar-refractivity contribution in [3.05, 3.63) is 35.9 Å². The molecule has 0 bridgehead atoms. The lowest BCUT2D eigenvalue weighted by Gasteiger charge is -2.32. The van der Waals surface area contributed by atoms with Crippen molar-refractivity contribution in [3.8, 4) is 0 Å². The number of nitrogens with one attached hydrogen (secondary N) is 5. The Bertz CT molecular complexity index is 1410. The largest absolute Gasteiger partial charge is 0.481 e. The Morgan fingerprint density at radius 1 is 0.800 bits per heavy atom. The Balaban J connectivity index is 2.10. The van der Waals surface area contributed by atoms with Gasteiger partial charge in [0.1, 0.15) is 36.8 Å². The summed E-state index contributed by atoms with van der Waals surface area (Å²) in [5, 5.41) is 50.0. The summed E-state index contributed by atoms with van der Waals surface area (Å²) in [5.41, 5.74) is 6.77. The highest BCUT2D eigenvalue weighted by molar-refractivity contribution is 5.98. The van der Waals surface area contributed by atoms with E-state index in [9.17, 15) is 53.7 Å². The summed E-state index contributed by atoms with van der Waals surface area (Å²) in [6, 6.07) is 0.462. The minimum Gasteiger partial charge on any atom is -0.481 e. The van der Waals surface area contributed by atoms with Crippen molar-refractivity contribution >= 4 is 47.4 Å². The second-order valence-corrected chi connectivity index (χ2v) is 11.9. The molecule has 1 aliphatic heterocycles. The fourth-order valence-electron chi connectivity index (χ4n) is 5.08. The predicted molar refractivity (Wildman–Crippen MR) is 173 cm³/mol. The number of carbonyl (C=O) groups excluding carboxylic acids is 6. The maximum Gasteiger partial charge on any atom is 0.322 e. The molecule has 1 aliphatic rings. The smallest absolute Gasteiger partial charge is 0.322 e. The van der Waals surface area contributed by atoms with Gasteiger partial charge < -0.3 is 57.6 Å². The maximum absolute atomic E-state index is 13.6. The number of nitrogens with two attached hydrogens (primary N) is 1. The fraction of sp³-hybridized carbons (Fsp3) is 0.548. The van der Waals surface area contributed by atoms with E-state index in [2.05, 4.69) is 21.3 Å². The van der Waals surface area contributed by atoms with Crippen LogP contribution in [0.15, 0.2) is 30.3 Å². The third-order valence-electron chi connectivity index (χ3n) is 7.76. The van der Waals surface area contributed by atoms with Crippen LogP contribution < -0.4 is 32.3 Å². The molecular weight excluding hydrogens is 662 g/mol. The van der Waals surface area contributed by atoms with Crippen LogP contribution in [0.3, 0.4) is 0 Å². The molecule has 1 aromatic rings. The molecule has 50 heavy (non-hydrogen) atoms. The number of nitrogens with zero attached hydrogens (tertiary/aromatic N) is 1. The van der Waals surface area contributed by atoms with E-state index >= 15 is 0 Å². The summed E-state index contributed by atoms with van der Waals surface area (Å²) in [5.74, 6) is -8.42. The van der Waals surface area contributed by atoms with E-state index in [-0.39, 0.29) is 25.8 Å². The highest BCUT2D eigenvalue weighted by atomic mass is 16.4. The first kappa shape index (κ1) is 41.0. The van der Waals surface area contributed by atoms with Gasteiger partial charge in [-0.15, -0.1) is 0 Å². The number of aliphatic hydroxyl groups excluding tert-OH is 2. The van der Waals surface area contributed by atoms with Crippen LogP contribution in [0.5, 0.6) is 0 Å². The number of carboxylic acid groups (broad SMARTS) is 2. The summed E-state index contributed by atoms with van der Waals surface area (Å²) in [7, 11) is 0. The number of aliphatic hydroxyl groups is 2. The van der Waals surface area contributed by atoms with E-state index in [0.717, 1.165) is 10.5 Å². The zero-order chi connectivity index (χ0) is 37.7. The van der Waals surface area contributed by atoms with E-state index < -0.39 is 109 Å². The van der Waals surface area contributed by atoms with Crippen molar-refractivity contribution in [3.63, 3.8) is 0 Å². The van der Waals surface area contributed by atoms with E-state index in [0.29, 0.717) is 0 Å². The molecule has 1 saturated heterocycles. The summed E-state index contributed by atoms with van der Waals surface area (Å²) in [6.07, 6.45) is -3.41. The van der Waals surface area contributed by atoms with E-state index in [4.69, 9.17) is 10.8 Å². The zero-order valence-electron chi connectivity index (χ0n) is 27.8. The van der Waals surface area contributed by atoms with Crippen LogP contribution in [0.25, 0.3) is 0 Å². The van der Waals surface area contributed by atoms with Gasteiger partial charge in [0.2, 0.25) is 35.4 Å². The third-order valence-corrected chi connectivity index (χ3v) is 7.76. The molecule has 0 aliphatic carbocycles. The molecule has 0 unspecified atom stereocenters. The van der Waals surface area contributed by atoms with Crippen molar-refractivity contribution in [1.29, 1.82) is 0 Å². The number of aliphatic carboxylic acids is 2. The number of hydrogen-bond donors (Lipinski definition) is 10. The molecule has 1 heterocycles. The lowest BCUT2D eigenvalue weighted by Crippen LogP contribution is -2.63. The standard InChI is InChI=1S/C31H45N7O12/c1-15(34-27(46)19(32)12-18-8-5-4-6-9-18)26(45)36-24(16(2)39)30(49)37-25(17(3)40)31(50)38-11-7-10-21(38)29(48)35-20(13-22(41)42)28(47)33-14-23(43)44/h4-6,8-9,15-17,19-21,24-25,39-40H,7,10-14,32H2,1-3H3,(H,33,47)(H,34,46)(H,35,48)(H,36,45)(H,37,49)(H,41,42)(H,43,44)/t15-,16+,17+,19-,20-,21-,24-,25-/m0/s1. The molecule has 0 aromatic heterocycles. The number of amides is 6. The van der Waals surface area contributed by atoms with Gasteiger partial charge in [0.25, 0.3) is 0 Å². The lowest BCUT2D eigenvalue weighted by atomic mass is 10.1. The van der Waals surface area contributed by atoms with Gasteiger partial charge in [-0.3, -0.25) is 38.4 Å². The molecule has 19 nitrogen and oxygen atoms in total. The Hall–Kier alpha value is -5.14. The normalized spacial score (nSPS) is 18.2. The second-order valence-electron chi connectivity index (χ2n) is 11.9. The van der Waals surface area contributed by atoms with Gasteiger partial charge in [0.05, 0.1) is 24.7 Å². The molecule has 11 N–H and O–H groups in total. The fourth-order valence-corrected chi connectivity index (χ4v) is 5.08. The van der Waals surface area contributed by atoms with E-state index in [1.165, 1.54) is 20.8 Å². The SMILES string of the molecule is C[C@H](NC(=O)[C@@H](N)Cc1ccccc1)C(=O)N[C@H](C(=O)N[C@H](C(=O)N1CCC[C@H]1C(=O)N[C@@H](CC(=O)O)C(=O)NCC(=O)O)[C@@H](C)O)[C@@H](C)O. The Labute approximate surface area is 287 Å². The molecule has 6 amide bonds. The van der Waals surface area contributed by atoms with Crippen LogP contribution in [-0.4, -0.2) is 134 Å². The third kappa shape index (κ3) is 12.4. The summed E-state index contributed by atoms with van der Waals surface area (Å²) in [4.78, 5) is 101. The average molecular weight is 708 g/mol. The van der Waals surface area contributed by atoms with Crippen LogP contribution in [0, 0.1) is 0 Å². The summed E-state index contributed by atoms with van der Waals surface area (Å²) in [6.45, 7) is 2.83. The van der Waals surface area contributed by atoms with Crippen molar-refractivity contribution in [2.45, 2.75) is 94.9 Å². The molecule has 2 rings (SSSR count). The number of likely N-dealkylation sites (tertiary alicyclic amines) is 1. The quantitative estimate of drug-likeness (QED) is 0.0696.